The lowest BCUT2D eigenvalue weighted by atomic mass is 10.2. The number of carbonyl (C=O) groups is 3. The van der Waals surface area contributed by atoms with Gasteiger partial charge < -0.3 is 9.47 Å². The van der Waals surface area contributed by atoms with Crippen LogP contribution in [-0.2, 0) is 14.3 Å². The summed E-state index contributed by atoms with van der Waals surface area (Å²) in [6, 6.07) is 0. The molecule has 0 saturated carbocycles. The van der Waals surface area contributed by atoms with Crippen LogP contribution in [0.2, 0.25) is 0 Å². The lowest BCUT2D eigenvalue weighted by Crippen LogP contribution is -2.42. The Balaban J connectivity index is 4.68. The highest BCUT2D eigenvalue weighted by Gasteiger charge is 2.30. The molecule has 0 spiro atoms. The van der Waals surface area contributed by atoms with Gasteiger partial charge in [0, 0.05) is 0 Å². The summed E-state index contributed by atoms with van der Waals surface area (Å²) in [5.74, 6) is 0. The van der Waals surface area contributed by atoms with Crippen molar-refractivity contribution < 1.29 is 23.9 Å². The number of imide groups is 3. The van der Waals surface area contributed by atoms with Gasteiger partial charge in [0.15, 0.2) is 0 Å². The molecule has 0 aromatic heterocycles. The van der Waals surface area contributed by atoms with Crippen molar-refractivity contribution >= 4 is 18.6 Å². The van der Waals surface area contributed by atoms with Crippen LogP contribution in [0.3, 0.4) is 0 Å². The van der Waals surface area contributed by atoms with E-state index in [-0.39, 0.29) is 11.3 Å². The smallest absolute Gasteiger partial charge is 0.426 e. The summed E-state index contributed by atoms with van der Waals surface area (Å²) in [5.41, 5.74) is -1.58. The van der Waals surface area contributed by atoms with E-state index in [2.05, 4.69) is 0 Å². The van der Waals surface area contributed by atoms with Crippen molar-refractivity contribution in [2.75, 3.05) is 0 Å². The first kappa shape index (κ1) is 15.4. The molecule has 0 aromatic carbocycles. The monoisotopic (exact) mass is 245 g/mol. The van der Waals surface area contributed by atoms with E-state index in [9.17, 15) is 14.4 Å². The summed E-state index contributed by atoms with van der Waals surface area (Å²) in [6.07, 6.45) is -2.04. The molecule has 6 heteroatoms. The maximum absolute atomic E-state index is 11.5. The molecule has 0 bridgehead atoms. The lowest BCUT2D eigenvalue weighted by Gasteiger charge is -2.25. The van der Waals surface area contributed by atoms with Crippen molar-refractivity contribution in [3.8, 4) is 0 Å². The molecule has 0 atom stereocenters. The molecule has 0 aliphatic heterocycles. The standard InChI is InChI=1S/C11H19NO5/c1-10(2,3)16-8(14)12(7-13)9(15)17-11(4,5)6/h7H,1-6H3. The molecule has 0 aliphatic rings. The van der Waals surface area contributed by atoms with Crippen molar-refractivity contribution in [3.63, 3.8) is 0 Å². The first-order valence-electron chi connectivity index (χ1n) is 5.17. The van der Waals surface area contributed by atoms with Crippen LogP contribution in [0, 0.1) is 0 Å². The molecule has 17 heavy (non-hydrogen) atoms. The second kappa shape index (κ2) is 5.16. The molecule has 6 nitrogen and oxygen atoms in total. The molecule has 0 rings (SSSR count). The average Bonchev–Trinajstić information content (AvgIpc) is 1.96. The van der Waals surface area contributed by atoms with E-state index in [0.29, 0.717) is 0 Å². The highest BCUT2D eigenvalue weighted by molar-refractivity contribution is 5.99. The molecule has 0 aromatic rings. The van der Waals surface area contributed by atoms with Gasteiger partial charge in [-0.1, -0.05) is 0 Å². The Morgan fingerprint density at radius 3 is 1.35 bits per heavy atom. The Labute approximate surface area is 101 Å². The van der Waals surface area contributed by atoms with E-state index in [0.717, 1.165) is 0 Å². The third kappa shape index (κ3) is 6.55. The van der Waals surface area contributed by atoms with Crippen LogP contribution in [0.25, 0.3) is 0 Å². The molecule has 0 unspecified atom stereocenters. The summed E-state index contributed by atoms with van der Waals surface area (Å²) in [6.45, 7) is 9.77. The van der Waals surface area contributed by atoms with Crippen LogP contribution in [0.5, 0.6) is 0 Å². The van der Waals surface area contributed by atoms with E-state index in [4.69, 9.17) is 9.47 Å². The van der Waals surface area contributed by atoms with Gasteiger partial charge in [0.1, 0.15) is 11.2 Å². The molecule has 0 fully saturated rings. The van der Waals surface area contributed by atoms with Crippen molar-refractivity contribution in [2.24, 2.45) is 0 Å². The van der Waals surface area contributed by atoms with Crippen molar-refractivity contribution in [2.45, 2.75) is 52.7 Å². The molecule has 0 N–H and O–H groups in total. The molecule has 0 heterocycles. The van der Waals surface area contributed by atoms with Crippen LogP contribution in [0.15, 0.2) is 0 Å². The zero-order chi connectivity index (χ0) is 13.9. The number of hydrogen-bond donors (Lipinski definition) is 0. The first-order chi connectivity index (χ1) is 7.46. The molecule has 0 saturated heterocycles. The number of ether oxygens (including phenoxy) is 2. The summed E-state index contributed by atoms with van der Waals surface area (Å²) < 4.78 is 9.76. The minimum Gasteiger partial charge on any atom is -0.443 e. The fourth-order valence-electron chi connectivity index (χ4n) is 0.783. The van der Waals surface area contributed by atoms with Crippen LogP contribution in [0.1, 0.15) is 41.5 Å². The topological polar surface area (TPSA) is 72.9 Å². The predicted molar refractivity (Wildman–Crippen MR) is 60.4 cm³/mol. The zero-order valence-corrected chi connectivity index (χ0v) is 11.1. The Bertz CT molecular complexity index is 283. The Hall–Kier alpha value is -1.59. The van der Waals surface area contributed by atoms with Crippen molar-refractivity contribution in [3.05, 3.63) is 0 Å². The maximum atomic E-state index is 11.5. The van der Waals surface area contributed by atoms with Crippen LogP contribution in [-0.4, -0.2) is 34.7 Å². The summed E-state index contributed by atoms with van der Waals surface area (Å²) in [7, 11) is 0. The third-order valence-electron chi connectivity index (χ3n) is 1.29. The van der Waals surface area contributed by atoms with E-state index in [1.54, 1.807) is 41.5 Å². The van der Waals surface area contributed by atoms with Gasteiger partial charge in [-0.15, -0.1) is 4.90 Å². The Morgan fingerprint density at radius 1 is 0.882 bits per heavy atom. The second-order valence-electron chi connectivity index (χ2n) is 5.44. The van der Waals surface area contributed by atoms with E-state index in [1.165, 1.54) is 0 Å². The van der Waals surface area contributed by atoms with E-state index < -0.39 is 23.4 Å². The Kier molecular flexibility index (Phi) is 4.68. The molecule has 3 amide bonds. The van der Waals surface area contributed by atoms with Gasteiger partial charge in [0.25, 0.3) is 0 Å². The molecular formula is C11H19NO5. The summed E-state index contributed by atoms with van der Waals surface area (Å²) in [4.78, 5) is 33.9. The number of carbonyl (C=O) groups excluding carboxylic acids is 3. The number of amides is 3. The first-order valence-corrected chi connectivity index (χ1v) is 5.17. The maximum Gasteiger partial charge on any atom is 0.426 e. The second-order valence-corrected chi connectivity index (χ2v) is 5.44. The molecule has 98 valence electrons. The summed E-state index contributed by atoms with van der Waals surface area (Å²) in [5, 5.41) is 0. The van der Waals surface area contributed by atoms with Crippen LogP contribution < -0.4 is 0 Å². The quantitative estimate of drug-likeness (QED) is 0.663. The molecular weight excluding hydrogens is 226 g/mol. The van der Waals surface area contributed by atoms with E-state index >= 15 is 0 Å². The highest BCUT2D eigenvalue weighted by Crippen LogP contribution is 2.13. The van der Waals surface area contributed by atoms with Gasteiger partial charge in [-0.25, -0.2) is 9.59 Å². The molecule has 0 radical (unpaired) electrons. The van der Waals surface area contributed by atoms with Gasteiger partial charge in [-0.2, -0.15) is 0 Å². The number of nitrogens with zero attached hydrogens (tertiary/aromatic N) is 1. The van der Waals surface area contributed by atoms with Crippen LogP contribution in [0.4, 0.5) is 9.59 Å². The SMILES string of the molecule is CC(C)(C)OC(=O)N(C=O)C(=O)OC(C)(C)C. The van der Waals surface area contributed by atoms with Crippen molar-refractivity contribution in [1.29, 1.82) is 0 Å². The van der Waals surface area contributed by atoms with Gasteiger partial charge in [-0.3, -0.25) is 4.79 Å². The zero-order valence-electron chi connectivity index (χ0n) is 11.1. The largest absolute Gasteiger partial charge is 0.443 e. The summed E-state index contributed by atoms with van der Waals surface area (Å²) >= 11 is 0. The fraction of sp³-hybridized carbons (Fsp3) is 0.727. The van der Waals surface area contributed by atoms with Gasteiger partial charge in [0.05, 0.1) is 0 Å². The highest BCUT2D eigenvalue weighted by atomic mass is 16.6. The Morgan fingerprint density at radius 2 is 1.18 bits per heavy atom. The van der Waals surface area contributed by atoms with Gasteiger partial charge in [-0.05, 0) is 41.5 Å². The fourth-order valence-corrected chi connectivity index (χ4v) is 0.783. The van der Waals surface area contributed by atoms with Crippen LogP contribution >= 0.6 is 0 Å². The average molecular weight is 245 g/mol. The predicted octanol–water partition coefficient (Wildman–Crippen LogP) is 2.32. The van der Waals surface area contributed by atoms with Crippen molar-refractivity contribution in [1.82, 2.24) is 4.90 Å². The van der Waals surface area contributed by atoms with Gasteiger partial charge >= 0.3 is 12.2 Å². The molecule has 0 aliphatic carbocycles. The lowest BCUT2D eigenvalue weighted by molar-refractivity contribution is -0.117. The third-order valence-corrected chi connectivity index (χ3v) is 1.29. The number of hydrogen-bond acceptors (Lipinski definition) is 5. The van der Waals surface area contributed by atoms with Gasteiger partial charge in [0.2, 0.25) is 6.41 Å². The normalized spacial score (nSPS) is 11.6. The minimum absolute atomic E-state index is 0.0716. The number of rotatable bonds is 1. The minimum atomic E-state index is -1.05. The van der Waals surface area contributed by atoms with E-state index in [1.807, 2.05) is 0 Å².